The van der Waals surface area contributed by atoms with Gasteiger partial charge in [0.15, 0.2) is 0 Å². The Bertz CT molecular complexity index is 526. The number of ether oxygens (including phenoxy) is 1. The van der Waals surface area contributed by atoms with E-state index < -0.39 is 5.60 Å². The van der Waals surface area contributed by atoms with Crippen molar-refractivity contribution in [3.8, 4) is 0 Å². The van der Waals surface area contributed by atoms with Crippen molar-refractivity contribution in [2.24, 2.45) is 5.92 Å². The summed E-state index contributed by atoms with van der Waals surface area (Å²) < 4.78 is 5.45. The third-order valence-corrected chi connectivity index (χ3v) is 4.63. The van der Waals surface area contributed by atoms with Gasteiger partial charge in [-0.3, -0.25) is 0 Å². The number of carbonyl (C=O) groups is 1. The monoisotopic (exact) mass is 346 g/mol. The molecular weight excluding hydrogens is 312 g/mol. The third-order valence-electron chi connectivity index (χ3n) is 4.63. The van der Waals surface area contributed by atoms with Gasteiger partial charge in [-0.1, -0.05) is 25.5 Å². The fraction of sp³-hybridized carbons (Fsp3) is 0.667. The molecule has 1 fully saturated rings. The molecule has 1 aromatic carbocycles. The molecule has 4 heteroatoms. The van der Waals surface area contributed by atoms with Gasteiger partial charge in [0.1, 0.15) is 5.60 Å². The molecule has 0 bridgehead atoms. The number of nitrogens with zero attached hydrogens (tertiary/aromatic N) is 1. The Morgan fingerprint density at radius 2 is 1.84 bits per heavy atom. The number of rotatable bonds is 6. The Morgan fingerprint density at radius 3 is 2.40 bits per heavy atom. The fourth-order valence-corrected chi connectivity index (χ4v) is 3.08. The number of unbranched alkanes of at least 4 members (excludes halogenated alkanes) is 1. The van der Waals surface area contributed by atoms with Gasteiger partial charge < -0.3 is 15.0 Å². The van der Waals surface area contributed by atoms with Crippen LogP contribution in [0.2, 0.25) is 0 Å². The zero-order chi connectivity index (χ0) is 18.3. The maximum atomic E-state index is 12.1. The number of piperidine rings is 1. The second kappa shape index (κ2) is 9.12. The highest BCUT2D eigenvalue weighted by molar-refractivity contribution is 5.68. The van der Waals surface area contributed by atoms with Crippen molar-refractivity contribution in [3.63, 3.8) is 0 Å². The molecule has 1 saturated heterocycles. The van der Waals surface area contributed by atoms with Crippen LogP contribution >= 0.6 is 0 Å². The summed E-state index contributed by atoms with van der Waals surface area (Å²) in [5.41, 5.74) is 2.19. The maximum absolute atomic E-state index is 12.1. The Morgan fingerprint density at radius 1 is 1.20 bits per heavy atom. The minimum absolute atomic E-state index is 0.179. The molecule has 1 amide bonds. The van der Waals surface area contributed by atoms with E-state index in [1.165, 1.54) is 30.5 Å². The first-order valence-electron chi connectivity index (χ1n) is 9.68. The number of nitrogens with one attached hydrogen (secondary N) is 1. The molecule has 2 rings (SSSR count). The van der Waals surface area contributed by atoms with Crippen LogP contribution < -0.4 is 5.32 Å². The maximum Gasteiger partial charge on any atom is 0.410 e. The molecule has 1 N–H and O–H groups in total. The Hall–Kier alpha value is -1.71. The second-order valence-corrected chi connectivity index (χ2v) is 8.09. The van der Waals surface area contributed by atoms with E-state index in [-0.39, 0.29) is 6.09 Å². The highest BCUT2D eigenvalue weighted by Crippen LogP contribution is 2.21. The molecule has 1 aliphatic rings. The lowest BCUT2D eigenvalue weighted by Crippen LogP contribution is -2.42. The molecule has 25 heavy (non-hydrogen) atoms. The minimum Gasteiger partial charge on any atom is -0.444 e. The predicted molar refractivity (Wildman–Crippen MR) is 104 cm³/mol. The quantitative estimate of drug-likeness (QED) is 0.780. The molecule has 1 heterocycles. The number of benzene rings is 1. The normalized spacial score (nSPS) is 15.9. The first-order valence-corrected chi connectivity index (χ1v) is 9.68. The molecule has 1 aliphatic heterocycles. The number of aryl methyl sites for hydroxylation is 1. The Kier molecular flexibility index (Phi) is 7.15. The summed E-state index contributed by atoms with van der Waals surface area (Å²) in [6.07, 6.45) is 5.54. The van der Waals surface area contributed by atoms with Gasteiger partial charge in [-0.2, -0.15) is 0 Å². The van der Waals surface area contributed by atoms with E-state index in [0.717, 1.165) is 32.5 Å². The molecule has 0 aromatic heterocycles. The van der Waals surface area contributed by atoms with Gasteiger partial charge in [0, 0.05) is 25.3 Å². The SMILES string of the molecule is CCCCc1ccc(NCC2CCN(C(=O)OC(C)(C)C)CC2)cc1. The topological polar surface area (TPSA) is 41.6 Å². The Balaban J connectivity index is 1.70. The minimum atomic E-state index is -0.418. The molecule has 140 valence electrons. The number of likely N-dealkylation sites (tertiary alicyclic amines) is 1. The molecule has 0 spiro atoms. The van der Waals surface area contributed by atoms with E-state index >= 15 is 0 Å². The van der Waals surface area contributed by atoms with Crippen molar-refractivity contribution in [1.82, 2.24) is 4.90 Å². The summed E-state index contributed by atoms with van der Waals surface area (Å²) >= 11 is 0. The van der Waals surface area contributed by atoms with Crippen molar-refractivity contribution in [1.29, 1.82) is 0 Å². The number of amides is 1. The predicted octanol–water partition coefficient (Wildman–Crippen LogP) is 5.09. The standard InChI is InChI=1S/C21H34N2O2/c1-5-6-7-17-8-10-19(11-9-17)22-16-18-12-14-23(15-13-18)20(24)25-21(2,3)4/h8-11,18,22H,5-7,12-16H2,1-4H3. The highest BCUT2D eigenvalue weighted by atomic mass is 16.6. The van der Waals surface area contributed by atoms with Crippen molar-refractivity contribution in [3.05, 3.63) is 29.8 Å². The molecule has 0 aliphatic carbocycles. The summed E-state index contributed by atoms with van der Waals surface area (Å²) in [5, 5.41) is 3.55. The summed E-state index contributed by atoms with van der Waals surface area (Å²) in [5.74, 6) is 0.610. The summed E-state index contributed by atoms with van der Waals surface area (Å²) in [4.78, 5) is 13.9. The van der Waals surface area contributed by atoms with Crippen molar-refractivity contribution >= 4 is 11.8 Å². The molecule has 0 atom stereocenters. The number of anilines is 1. The van der Waals surface area contributed by atoms with Crippen LogP contribution in [0.15, 0.2) is 24.3 Å². The average molecular weight is 347 g/mol. The Labute approximate surface area is 152 Å². The first-order chi connectivity index (χ1) is 11.9. The largest absolute Gasteiger partial charge is 0.444 e. The van der Waals surface area contributed by atoms with E-state index in [1.54, 1.807) is 0 Å². The summed E-state index contributed by atoms with van der Waals surface area (Å²) in [6.45, 7) is 10.5. The first kappa shape index (κ1) is 19.6. The van der Waals surface area contributed by atoms with Gasteiger partial charge in [-0.25, -0.2) is 4.79 Å². The third kappa shape index (κ3) is 6.97. The van der Waals surface area contributed by atoms with Crippen molar-refractivity contribution in [2.75, 3.05) is 25.0 Å². The molecule has 4 nitrogen and oxygen atoms in total. The van der Waals surface area contributed by atoms with Gasteiger partial charge in [-0.05, 0) is 70.1 Å². The van der Waals surface area contributed by atoms with Crippen LogP contribution in [0.3, 0.4) is 0 Å². The van der Waals surface area contributed by atoms with Crippen molar-refractivity contribution in [2.45, 2.75) is 65.4 Å². The lowest BCUT2D eigenvalue weighted by atomic mass is 9.97. The lowest BCUT2D eigenvalue weighted by Gasteiger charge is -2.33. The molecule has 0 radical (unpaired) electrons. The molecule has 0 saturated carbocycles. The fourth-order valence-electron chi connectivity index (χ4n) is 3.08. The number of hydrogen-bond acceptors (Lipinski definition) is 3. The van der Waals surface area contributed by atoms with Crippen LogP contribution in [0.25, 0.3) is 0 Å². The smallest absolute Gasteiger partial charge is 0.410 e. The number of carbonyl (C=O) groups excluding carboxylic acids is 1. The number of hydrogen-bond donors (Lipinski definition) is 1. The van der Waals surface area contributed by atoms with E-state index in [2.05, 4.69) is 36.5 Å². The van der Waals surface area contributed by atoms with Gasteiger partial charge in [-0.15, -0.1) is 0 Å². The van der Waals surface area contributed by atoms with Crippen LogP contribution in [-0.4, -0.2) is 36.2 Å². The van der Waals surface area contributed by atoms with Gasteiger partial charge in [0.2, 0.25) is 0 Å². The molecule has 0 unspecified atom stereocenters. The van der Waals surface area contributed by atoms with Crippen LogP contribution in [0.1, 0.15) is 58.9 Å². The van der Waals surface area contributed by atoms with E-state index in [4.69, 9.17) is 4.74 Å². The second-order valence-electron chi connectivity index (χ2n) is 8.09. The van der Waals surface area contributed by atoms with Crippen LogP contribution in [0.4, 0.5) is 10.5 Å². The van der Waals surface area contributed by atoms with E-state index in [0.29, 0.717) is 5.92 Å². The molecule has 1 aromatic rings. The summed E-state index contributed by atoms with van der Waals surface area (Å²) in [6, 6.07) is 8.81. The van der Waals surface area contributed by atoms with Crippen LogP contribution in [0, 0.1) is 5.92 Å². The van der Waals surface area contributed by atoms with Gasteiger partial charge in [0.05, 0.1) is 0 Å². The van der Waals surface area contributed by atoms with Gasteiger partial charge >= 0.3 is 6.09 Å². The van der Waals surface area contributed by atoms with Crippen molar-refractivity contribution < 1.29 is 9.53 Å². The van der Waals surface area contributed by atoms with E-state index in [1.807, 2.05) is 25.7 Å². The average Bonchev–Trinajstić information content (AvgIpc) is 2.58. The molecular formula is C21H34N2O2. The van der Waals surface area contributed by atoms with Crippen LogP contribution in [-0.2, 0) is 11.2 Å². The summed E-state index contributed by atoms with van der Waals surface area (Å²) in [7, 11) is 0. The lowest BCUT2D eigenvalue weighted by molar-refractivity contribution is 0.0188. The zero-order valence-electron chi connectivity index (χ0n) is 16.3. The highest BCUT2D eigenvalue weighted by Gasteiger charge is 2.26. The van der Waals surface area contributed by atoms with Crippen LogP contribution in [0.5, 0.6) is 0 Å². The zero-order valence-corrected chi connectivity index (χ0v) is 16.3. The van der Waals surface area contributed by atoms with Gasteiger partial charge in [0.25, 0.3) is 0 Å². The van der Waals surface area contributed by atoms with E-state index in [9.17, 15) is 4.79 Å².